The van der Waals surface area contributed by atoms with Crippen molar-refractivity contribution in [1.82, 2.24) is 9.80 Å². The second-order valence-corrected chi connectivity index (χ2v) is 11.2. The fraction of sp³-hybridized carbons (Fsp3) is 0.917. The van der Waals surface area contributed by atoms with Crippen LogP contribution in [0.25, 0.3) is 0 Å². The normalized spacial score (nSPS) is 50.2. The predicted molar refractivity (Wildman–Crippen MR) is 110 cm³/mol. The number of hydrogen-bond acceptors (Lipinski definition) is 4. The van der Waals surface area contributed by atoms with Crippen LogP contribution >= 0.6 is 0 Å². The van der Waals surface area contributed by atoms with E-state index < -0.39 is 0 Å². The second kappa shape index (κ2) is 6.63. The average Bonchev–Trinajstić information content (AvgIpc) is 2.98. The summed E-state index contributed by atoms with van der Waals surface area (Å²) in [6, 6.07) is 0.418. The Bertz CT molecular complexity index is 670. The summed E-state index contributed by atoms with van der Waals surface area (Å²) in [4.78, 5) is 30.5. The maximum Gasteiger partial charge on any atom is 0.139 e. The smallest absolute Gasteiger partial charge is 0.139 e. The molecular weight excluding hydrogens is 348 g/mol. The van der Waals surface area contributed by atoms with Crippen molar-refractivity contribution >= 4 is 11.6 Å². The Kier molecular flexibility index (Phi) is 4.56. The average molecular weight is 387 g/mol. The minimum atomic E-state index is -0.0435. The largest absolute Gasteiger partial charge is 0.304 e. The van der Waals surface area contributed by atoms with E-state index in [4.69, 9.17) is 0 Å². The van der Waals surface area contributed by atoms with Crippen molar-refractivity contribution in [2.45, 2.75) is 71.3 Å². The maximum atomic E-state index is 12.7. The van der Waals surface area contributed by atoms with E-state index in [2.05, 4.69) is 30.7 Å². The van der Waals surface area contributed by atoms with Gasteiger partial charge in [0, 0.05) is 56.9 Å². The van der Waals surface area contributed by atoms with E-state index in [0.29, 0.717) is 41.3 Å². The maximum absolute atomic E-state index is 12.7. The van der Waals surface area contributed by atoms with E-state index in [1.54, 1.807) is 0 Å². The molecule has 1 unspecified atom stereocenters. The van der Waals surface area contributed by atoms with Gasteiger partial charge in [0.2, 0.25) is 0 Å². The number of carbonyl (C=O) groups is 2. The molecule has 1 aliphatic heterocycles. The van der Waals surface area contributed by atoms with Gasteiger partial charge in [-0.2, -0.15) is 0 Å². The molecule has 0 spiro atoms. The fourth-order valence-electron chi connectivity index (χ4n) is 8.53. The molecule has 1 heterocycles. The number of ketones is 2. The molecule has 0 N–H and O–H groups in total. The van der Waals surface area contributed by atoms with Crippen LogP contribution in [0.5, 0.6) is 0 Å². The molecule has 0 amide bonds. The fourth-order valence-corrected chi connectivity index (χ4v) is 8.53. The number of rotatable bonds is 1. The molecule has 156 valence electrons. The van der Waals surface area contributed by atoms with Crippen molar-refractivity contribution < 1.29 is 9.59 Å². The molecule has 0 aromatic carbocycles. The van der Waals surface area contributed by atoms with Gasteiger partial charge in [0.05, 0.1) is 0 Å². The van der Waals surface area contributed by atoms with Crippen LogP contribution in [0.1, 0.15) is 65.2 Å². The number of fused-ring (bicyclic) bond motifs is 5. The van der Waals surface area contributed by atoms with Gasteiger partial charge in [0.1, 0.15) is 11.6 Å². The number of Topliss-reactive ketones (excluding diaryl/α,β-unsaturated/α-hetero) is 2. The summed E-state index contributed by atoms with van der Waals surface area (Å²) >= 11 is 0. The number of piperazine rings is 1. The molecule has 4 nitrogen and oxygen atoms in total. The SMILES string of the molecule is CN1CCN(C2CC(=O)C[C@@H]3CC[C@@H]4[C@H](CC[C@]5(C)C(=O)CC[C@@H]45)[C@@]23C)CC1. The van der Waals surface area contributed by atoms with Crippen molar-refractivity contribution in [3.63, 3.8) is 0 Å². The molecule has 5 fully saturated rings. The van der Waals surface area contributed by atoms with Crippen LogP contribution in [0.15, 0.2) is 0 Å². The third-order valence-corrected chi connectivity index (χ3v) is 10.3. The van der Waals surface area contributed by atoms with Gasteiger partial charge in [0.15, 0.2) is 0 Å². The van der Waals surface area contributed by atoms with Gasteiger partial charge in [-0.3, -0.25) is 14.5 Å². The first-order valence-corrected chi connectivity index (χ1v) is 11.8. The highest BCUT2D eigenvalue weighted by Gasteiger charge is 2.63. The summed E-state index contributed by atoms with van der Waals surface area (Å²) in [6.07, 6.45) is 8.25. The van der Waals surface area contributed by atoms with Crippen LogP contribution < -0.4 is 0 Å². The summed E-state index contributed by atoms with van der Waals surface area (Å²) in [5, 5.41) is 0. The molecule has 4 saturated carbocycles. The van der Waals surface area contributed by atoms with E-state index >= 15 is 0 Å². The van der Waals surface area contributed by atoms with Crippen LogP contribution in [0.4, 0.5) is 0 Å². The third kappa shape index (κ3) is 2.62. The number of nitrogens with zero attached hydrogens (tertiary/aromatic N) is 2. The quantitative estimate of drug-likeness (QED) is 0.693. The standard InChI is InChI=1S/C24H38N2O2/c1-23-9-8-20-18(19(23)6-7-22(23)28)5-4-16-14-17(27)15-21(24(16,20)2)26-12-10-25(3)11-13-26/h16,18-21H,4-15H2,1-3H3/t16-,18-,19-,20-,21?,23-,24-/m0/s1. The lowest BCUT2D eigenvalue weighted by atomic mass is 9.44. The Morgan fingerprint density at radius 1 is 0.893 bits per heavy atom. The molecule has 4 heteroatoms. The summed E-state index contributed by atoms with van der Waals surface area (Å²) in [5.41, 5.74) is 0.206. The van der Waals surface area contributed by atoms with Crippen molar-refractivity contribution in [2.75, 3.05) is 33.2 Å². The Balaban J connectivity index is 1.48. The van der Waals surface area contributed by atoms with Gasteiger partial charge in [-0.1, -0.05) is 13.8 Å². The minimum absolute atomic E-state index is 0.0435. The van der Waals surface area contributed by atoms with Crippen LogP contribution in [-0.4, -0.2) is 60.6 Å². The number of carbonyl (C=O) groups excluding carboxylic acids is 2. The van der Waals surface area contributed by atoms with Gasteiger partial charge in [0.25, 0.3) is 0 Å². The summed E-state index contributed by atoms with van der Waals surface area (Å²) in [7, 11) is 2.21. The van der Waals surface area contributed by atoms with Crippen molar-refractivity contribution in [1.29, 1.82) is 0 Å². The molecule has 4 aliphatic carbocycles. The molecule has 5 rings (SSSR count). The zero-order valence-corrected chi connectivity index (χ0v) is 18.1. The van der Waals surface area contributed by atoms with Crippen LogP contribution in [0.3, 0.4) is 0 Å². The highest BCUT2D eigenvalue weighted by molar-refractivity contribution is 5.87. The highest BCUT2D eigenvalue weighted by atomic mass is 16.1. The molecule has 0 aromatic heterocycles. The predicted octanol–water partition coefficient (Wildman–Crippen LogP) is 3.39. The van der Waals surface area contributed by atoms with Crippen LogP contribution in [0.2, 0.25) is 0 Å². The third-order valence-electron chi connectivity index (χ3n) is 10.3. The van der Waals surface area contributed by atoms with E-state index in [1.165, 1.54) is 19.3 Å². The Morgan fingerprint density at radius 2 is 1.64 bits per heavy atom. The summed E-state index contributed by atoms with van der Waals surface area (Å²) < 4.78 is 0. The van der Waals surface area contributed by atoms with E-state index in [9.17, 15) is 9.59 Å². The summed E-state index contributed by atoms with van der Waals surface area (Å²) in [5.74, 6) is 3.60. The van der Waals surface area contributed by atoms with Gasteiger partial charge < -0.3 is 4.90 Å². The molecular formula is C24H38N2O2. The monoisotopic (exact) mass is 386 g/mol. The first kappa shape index (κ1) is 19.2. The summed E-state index contributed by atoms with van der Waals surface area (Å²) in [6.45, 7) is 9.29. The van der Waals surface area contributed by atoms with Crippen LogP contribution in [-0.2, 0) is 9.59 Å². The Morgan fingerprint density at radius 3 is 2.39 bits per heavy atom. The topological polar surface area (TPSA) is 40.6 Å². The minimum Gasteiger partial charge on any atom is -0.304 e. The molecule has 0 aromatic rings. The number of likely N-dealkylation sites (N-methyl/N-ethyl adjacent to an activating group) is 1. The van der Waals surface area contributed by atoms with Crippen molar-refractivity contribution in [3.8, 4) is 0 Å². The van der Waals surface area contributed by atoms with Gasteiger partial charge in [-0.15, -0.1) is 0 Å². The number of hydrogen-bond donors (Lipinski definition) is 0. The van der Waals surface area contributed by atoms with E-state index in [0.717, 1.165) is 58.3 Å². The Hall–Kier alpha value is -0.740. The van der Waals surface area contributed by atoms with E-state index in [1.807, 2.05) is 0 Å². The van der Waals surface area contributed by atoms with Gasteiger partial charge in [-0.25, -0.2) is 0 Å². The zero-order valence-electron chi connectivity index (χ0n) is 18.1. The molecule has 7 atom stereocenters. The second-order valence-electron chi connectivity index (χ2n) is 11.2. The molecule has 5 aliphatic rings. The van der Waals surface area contributed by atoms with Crippen molar-refractivity contribution in [2.24, 2.45) is 34.5 Å². The molecule has 0 bridgehead atoms. The van der Waals surface area contributed by atoms with Gasteiger partial charge in [-0.05, 0) is 68.2 Å². The molecule has 0 radical (unpaired) electrons. The van der Waals surface area contributed by atoms with Gasteiger partial charge >= 0.3 is 0 Å². The molecule has 1 saturated heterocycles. The first-order valence-electron chi connectivity index (χ1n) is 11.8. The lowest BCUT2D eigenvalue weighted by Crippen LogP contribution is -2.64. The lowest BCUT2D eigenvalue weighted by Gasteiger charge is -2.63. The zero-order chi connectivity index (χ0) is 19.7. The highest BCUT2D eigenvalue weighted by Crippen LogP contribution is 2.65. The molecule has 28 heavy (non-hydrogen) atoms. The first-order chi connectivity index (χ1) is 13.3. The van der Waals surface area contributed by atoms with Crippen LogP contribution in [0, 0.1) is 34.5 Å². The van der Waals surface area contributed by atoms with Crippen molar-refractivity contribution in [3.05, 3.63) is 0 Å². The van der Waals surface area contributed by atoms with E-state index in [-0.39, 0.29) is 10.8 Å². The lowest BCUT2D eigenvalue weighted by molar-refractivity contribution is -0.162. The Labute approximate surface area is 170 Å².